The van der Waals surface area contributed by atoms with E-state index >= 15 is 0 Å². The van der Waals surface area contributed by atoms with Crippen LogP contribution in [-0.2, 0) is 16.8 Å². The van der Waals surface area contributed by atoms with Gasteiger partial charge in [-0.2, -0.15) is 12.1 Å². The second-order valence-corrected chi connectivity index (χ2v) is 4.08. The van der Waals surface area contributed by atoms with Crippen molar-refractivity contribution in [3.63, 3.8) is 0 Å². The van der Waals surface area contributed by atoms with Crippen molar-refractivity contribution in [2.75, 3.05) is 38.0 Å². The van der Waals surface area contributed by atoms with E-state index in [2.05, 4.69) is 34.1 Å². The zero-order chi connectivity index (χ0) is 12.0. The molecule has 2 nitrogen and oxygen atoms in total. The van der Waals surface area contributed by atoms with E-state index < -0.39 is 0 Å². The summed E-state index contributed by atoms with van der Waals surface area (Å²) in [5.41, 5.74) is 2.54. The molecule has 2 aromatic rings. The Hall–Kier alpha value is -1.19. The molecule has 101 valence electrons. The van der Waals surface area contributed by atoms with Crippen molar-refractivity contribution in [3.05, 3.63) is 48.5 Å². The standard InChI is InChI=1S/2C7H10N.Co/c2*1-8(2)7-5-3-4-6-7;/h2*3-6H,1-2H3;/q-5;-1;. The van der Waals surface area contributed by atoms with Crippen LogP contribution in [0.5, 0.6) is 0 Å². The Labute approximate surface area is 115 Å². The Balaban J connectivity index is 0.000000284. The van der Waals surface area contributed by atoms with Gasteiger partial charge in [-0.15, -0.1) is 0 Å². The Morgan fingerprint density at radius 1 is 0.824 bits per heavy atom. The van der Waals surface area contributed by atoms with Crippen LogP contribution < -0.4 is 9.80 Å². The van der Waals surface area contributed by atoms with Gasteiger partial charge in [-0.25, -0.2) is 12.1 Å². The molecule has 2 aromatic carbocycles. The number of hydrogen-bond acceptors (Lipinski definition) is 2. The van der Waals surface area contributed by atoms with Crippen LogP contribution in [0.15, 0.2) is 48.5 Å². The molecule has 0 fully saturated rings. The van der Waals surface area contributed by atoms with Crippen molar-refractivity contribution in [1.29, 1.82) is 0 Å². The van der Waals surface area contributed by atoms with E-state index in [4.69, 9.17) is 0 Å². The fraction of sp³-hybridized carbons (Fsp3) is 0.286. The van der Waals surface area contributed by atoms with Gasteiger partial charge >= 0.3 is 0 Å². The van der Waals surface area contributed by atoms with Crippen LogP contribution >= 0.6 is 0 Å². The molecule has 17 heavy (non-hydrogen) atoms. The first kappa shape index (κ1) is 15.8. The molecule has 3 heteroatoms. The number of rotatable bonds is 2. The molecule has 0 saturated heterocycles. The first-order chi connectivity index (χ1) is 7.61. The third-order valence-corrected chi connectivity index (χ3v) is 2.32. The van der Waals surface area contributed by atoms with Gasteiger partial charge in [-0.1, -0.05) is 5.69 Å². The van der Waals surface area contributed by atoms with Crippen LogP contribution in [0.25, 0.3) is 0 Å². The molecule has 0 amide bonds. The van der Waals surface area contributed by atoms with Gasteiger partial charge in [0.1, 0.15) is 0 Å². The summed E-state index contributed by atoms with van der Waals surface area (Å²) in [4.78, 5) is 4.17. The van der Waals surface area contributed by atoms with E-state index in [1.165, 1.54) is 11.4 Å². The maximum atomic E-state index is 2.08. The maximum absolute atomic E-state index is 2.08. The van der Waals surface area contributed by atoms with Gasteiger partial charge in [0.2, 0.25) is 0 Å². The molecule has 0 bridgehead atoms. The van der Waals surface area contributed by atoms with Crippen molar-refractivity contribution < 1.29 is 16.8 Å². The molecule has 0 atom stereocenters. The molecule has 0 aliphatic rings. The molecule has 0 aliphatic carbocycles. The molecular weight excluding hydrogens is 255 g/mol. The molecule has 0 aromatic heterocycles. The average molecular weight is 275 g/mol. The second-order valence-electron chi connectivity index (χ2n) is 4.08. The first-order valence-electron chi connectivity index (χ1n) is 5.39. The van der Waals surface area contributed by atoms with E-state index in [0.717, 1.165) is 0 Å². The van der Waals surface area contributed by atoms with Gasteiger partial charge in [0.25, 0.3) is 0 Å². The van der Waals surface area contributed by atoms with Crippen LogP contribution in [-0.4, -0.2) is 28.2 Å². The third kappa shape index (κ3) is 5.61. The van der Waals surface area contributed by atoms with Crippen molar-refractivity contribution in [2.24, 2.45) is 0 Å². The molecule has 1 radical (unpaired) electrons. The van der Waals surface area contributed by atoms with E-state index in [0.29, 0.717) is 0 Å². The summed E-state index contributed by atoms with van der Waals surface area (Å²) in [5, 5.41) is 0. The smallest absolute Gasteiger partial charge is 0 e. The summed E-state index contributed by atoms with van der Waals surface area (Å²) in [6.45, 7) is 0. The SMILES string of the molecule is CN(C)[c-]1[cH-][cH-][cH-][cH-]1.CN(C)[c-]1cccc1.[Co]. The Morgan fingerprint density at radius 2 is 1.29 bits per heavy atom. The van der Waals surface area contributed by atoms with Crippen molar-refractivity contribution in [2.45, 2.75) is 0 Å². The summed E-state index contributed by atoms with van der Waals surface area (Å²) in [6, 6.07) is 16.5. The maximum Gasteiger partial charge on any atom is 0 e. The zero-order valence-corrected chi connectivity index (χ0v) is 11.9. The Bertz CT molecular complexity index is 323. The minimum Gasteiger partial charge on any atom is -0.746 e. The summed E-state index contributed by atoms with van der Waals surface area (Å²) in [6.07, 6.45) is 0. The minimum absolute atomic E-state index is 0. The van der Waals surface area contributed by atoms with E-state index in [1.807, 2.05) is 52.5 Å². The van der Waals surface area contributed by atoms with Gasteiger partial charge < -0.3 is 39.8 Å². The quantitative estimate of drug-likeness (QED) is 0.778. The molecular formula is C14H20CoN2-6. The van der Waals surface area contributed by atoms with Crippen LogP contribution in [0, 0.1) is 0 Å². The Kier molecular flexibility index (Phi) is 7.42. The topological polar surface area (TPSA) is 6.48 Å². The van der Waals surface area contributed by atoms with E-state index in [-0.39, 0.29) is 16.8 Å². The van der Waals surface area contributed by atoms with Crippen molar-refractivity contribution in [1.82, 2.24) is 0 Å². The molecule has 0 unspecified atom stereocenters. The molecule has 0 N–H and O–H groups in total. The van der Waals surface area contributed by atoms with Gasteiger partial charge in [0.15, 0.2) is 0 Å². The molecule has 0 saturated carbocycles. The fourth-order valence-corrected chi connectivity index (χ4v) is 1.32. The van der Waals surface area contributed by atoms with Crippen LogP contribution in [0.3, 0.4) is 0 Å². The molecule has 0 heterocycles. The first-order valence-corrected chi connectivity index (χ1v) is 5.39. The summed E-state index contributed by atoms with van der Waals surface area (Å²) in [5.74, 6) is 0. The molecule has 0 spiro atoms. The van der Waals surface area contributed by atoms with E-state index in [9.17, 15) is 0 Å². The minimum atomic E-state index is 0. The third-order valence-electron chi connectivity index (χ3n) is 2.32. The van der Waals surface area contributed by atoms with Gasteiger partial charge in [-0.3, -0.25) is 0 Å². The fourth-order valence-electron chi connectivity index (χ4n) is 1.32. The van der Waals surface area contributed by atoms with Crippen LogP contribution in [0.2, 0.25) is 0 Å². The molecule has 2 rings (SSSR count). The zero-order valence-electron chi connectivity index (χ0n) is 10.8. The predicted octanol–water partition coefficient (Wildman–Crippen LogP) is 2.94. The number of nitrogens with zero attached hydrogens (tertiary/aromatic N) is 2. The van der Waals surface area contributed by atoms with Crippen molar-refractivity contribution >= 4 is 11.4 Å². The average Bonchev–Trinajstić information content (AvgIpc) is 2.93. The monoisotopic (exact) mass is 275 g/mol. The molecule has 0 aliphatic heterocycles. The Morgan fingerprint density at radius 3 is 1.53 bits per heavy atom. The summed E-state index contributed by atoms with van der Waals surface area (Å²) >= 11 is 0. The second kappa shape index (κ2) is 7.98. The summed E-state index contributed by atoms with van der Waals surface area (Å²) in [7, 11) is 8.15. The van der Waals surface area contributed by atoms with Crippen LogP contribution in [0.1, 0.15) is 0 Å². The van der Waals surface area contributed by atoms with Crippen LogP contribution in [0.4, 0.5) is 11.4 Å². The van der Waals surface area contributed by atoms with E-state index in [1.54, 1.807) is 0 Å². The van der Waals surface area contributed by atoms with Gasteiger partial charge in [0, 0.05) is 16.8 Å². The van der Waals surface area contributed by atoms with Gasteiger partial charge in [-0.05, 0) is 28.2 Å². The van der Waals surface area contributed by atoms with Gasteiger partial charge in [0.05, 0.1) is 0 Å². The largest absolute Gasteiger partial charge is 0.746 e. The predicted molar refractivity (Wildman–Crippen MR) is 72.7 cm³/mol. The normalized spacial score (nSPS) is 8.71. The van der Waals surface area contributed by atoms with Crippen molar-refractivity contribution in [3.8, 4) is 0 Å². The number of hydrogen-bond donors (Lipinski definition) is 0. The summed E-state index contributed by atoms with van der Waals surface area (Å²) < 4.78 is 0. The number of anilines is 2.